The Labute approximate surface area is 159 Å². The summed E-state index contributed by atoms with van der Waals surface area (Å²) in [5, 5.41) is 0. The van der Waals surface area contributed by atoms with E-state index in [0.717, 1.165) is 11.3 Å². The van der Waals surface area contributed by atoms with Crippen molar-refractivity contribution in [3.63, 3.8) is 0 Å². The van der Waals surface area contributed by atoms with Crippen LogP contribution >= 0.6 is 0 Å². The third-order valence-corrected chi connectivity index (χ3v) is 5.01. The number of methoxy groups -OCH3 is 1. The molecule has 2 heterocycles. The van der Waals surface area contributed by atoms with Crippen LogP contribution in [0.4, 0.5) is 0 Å². The predicted octanol–water partition coefficient (Wildman–Crippen LogP) is 2.50. The van der Waals surface area contributed by atoms with Crippen LogP contribution in [-0.2, 0) is 11.3 Å². The lowest BCUT2D eigenvalue weighted by Crippen LogP contribution is -2.51. The van der Waals surface area contributed by atoms with Crippen molar-refractivity contribution in [1.82, 2.24) is 14.8 Å². The first-order valence-corrected chi connectivity index (χ1v) is 9.03. The number of aryl methyl sites for hydroxylation is 3. The van der Waals surface area contributed by atoms with Gasteiger partial charge in [0.1, 0.15) is 12.3 Å². The van der Waals surface area contributed by atoms with Crippen LogP contribution in [0.15, 0.2) is 30.5 Å². The minimum Gasteiger partial charge on any atom is -0.494 e. The third-order valence-electron chi connectivity index (χ3n) is 5.01. The van der Waals surface area contributed by atoms with Gasteiger partial charge in [-0.1, -0.05) is 18.2 Å². The van der Waals surface area contributed by atoms with Gasteiger partial charge >= 0.3 is 0 Å². The van der Waals surface area contributed by atoms with E-state index in [4.69, 9.17) is 4.74 Å². The van der Waals surface area contributed by atoms with Gasteiger partial charge in [-0.25, -0.2) is 0 Å². The van der Waals surface area contributed by atoms with Gasteiger partial charge in [-0.2, -0.15) is 0 Å². The highest BCUT2D eigenvalue weighted by molar-refractivity contribution is 5.99. The Morgan fingerprint density at radius 3 is 2.59 bits per heavy atom. The summed E-state index contributed by atoms with van der Waals surface area (Å²) >= 11 is 0. The maximum Gasteiger partial charge on any atom is 0.258 e. The van der Waals surface area contributed by atoms with Crippen molar-refractivity contribution in [2.24, 2.45) is 0 Å². The Morgan fingerprint density at radius 1 is 1.15 bits per heavy atom. The molecule has 1 aliphatic heterocycles. The van der Waals surface area contributed by atoms with Gasteiger partial charge in [-0.05, 0) is 43.5 Å². The number of piperazine rings is 1. The van der Waals surface area contributed by atoms with Crippen molar-refractivity contribution < 1.29 is 14.3 Å². The highest BCUT2D eigenvalue weighted by Crippen LogP contribution is 2.21. The van der Waals surface area contributed by atoms with Crippen molar-refractivity contribution >= 4 is 11.8 Å². The van der Waals surface area contributed by atoms with Crippen molar-refractivity contribution in [2.45, 2.75) is 27.3 Å². The number of carbonyl (C=O) groups is 2. The van der Waals surface area contributed by atoms with E-state index in [1.165, 1.54) is 18.2 Å². The molecule has 1 fully saturated rings. The molecular formula is C21H25N3O3. The molecule has 0 radical (unpaired) electrons. The number of rotatable bonds is 4. The van der Waals surface area contributed by atoms with Crippen molar-refractivity contribution in [3.8, 4) is 5.75 Å². The number of ether oxygens (including phenoxy) is 1. The Morgan fingerprint density at radius 2 is 1.93 bits per heavy atom. The molecule has 0 spiro atoms. The zero-order valence-corrected chi connectivity index (χ0v) is 16.3. The maximum atomic E-state index is 12.9. The lowest BCUT2D eigenvalue weighted by Gasteiger charge is -2.34. The molecule has 0 aliphatic carbocycles. The van der Waals surface area contributed by atoms with E-state index in [2.05, 4.69) is 37.0 Å². The average molecular weight is 367 g/mol. The number of nitrogens with zero attached hydrogens (tertiary/aromatic N) is 3. The van der Waals surface area contributed by atoms with Crippen LogP contribution in [0.5, 0.6) is 5.75 Å². The van der Waals surface area contributed by atoms with Gasteiger partial charge in [0.05, 0.1) is 18.9 Å². The minimum atomic E-state index is -0.198. The summed E-state index contributed by atoms with van der Waals surface area (Å²) in [6.07, 6.45) is 1.54. The fourth-order valence-electron chi connectivity index (χ4n) is 3.22. The fraction of sp³-hybridized carbons (Fsp3) is 0.381. The second-order valence-corrected chi connectivity index (χ2v) is 6.99. The Hall–Kier alpha value is -2.89. The molecular weight excluding hydrogens is 342 g/mol. The number of aromatic nitrogens is 1. The van der Waals surface area contributed by atoms with Crippen LogP contribution in [-0.4, -0.2) is 53.3 Å². The molecule has 0 saturated carbocycles. The molecule has 2 aromatic rings. The minimum absolute atomic E-state index is 0.0439. The molecule has 1 aromatic carbocycles. The molecule has 0 N–H and O–H groups in total. The van der Waals surface area contributed by atoms with Crippen LogP contribution < -0.4 is 4.74 Å². The molecule has 0 bridgehead atoms. The second kappa shape index (κ2) is 7.78. The molecule has 6 heteroatoms. The number of amides is 2. The summed E-state index contributed by atoms with van der Waals surface area (Å²) in [4.78, 5) is 33.0. The molecule has 0 atom stereocenters. The van der Waals surface area contributed by atoms with Crippen LogP contribution in [0.1, 0.15) is 32.7 Å². The van der Waals surface area contributed by atoms with Crippen molar-refractivity contribution in [3.05, 3.63) is 58.4 Å². The summed E-state index contributed by atoms with van der Waals surface area (Å²) in [7, 11) is 1.51. The van der Waals surface area contributed by atoms with E-state index in [1.54, 1.807) is 17.2 Å². The molecule has 142 valence electrons. The maximum absolute atomic E-state index is 12.9. The lowest BCUT2D eigenvalue weighted by molar-refractivity contribution is -0.135. The summed E-state index contributed by atoms with van der Waals surface area (Å²) in [6, 6.07) is 7.95. The van der Waals surface area contributed by atoms with E-state index in [1.807, 2.05) is 11.8 Å². The van der Waals surface area contributed by atoms with Gasteiger partial charge in [0.15, 0.2) is 0 Å². The van der Waals surface area contributed by atoms with Gasteiger partial charge in [-0.15, -0.1) is 0 Å². The quantitative estimate of drug-likeness (QED) is 0.833. The van der Waals surface area contributed by atoms with Crippen LogP contribution in [0.2, 0.25) is 0 Å². The molecule has 27 heavy (non-hydrogen) atoms. The normalized spacial score (nSPS) is 14.4. The molecule has 1 aliphatic rings. The van der Waals surface area contributed by atoms with Gasteiger partial charge in [0, 0.05) is 25.3 Å². The first-order valence-electron chi connectivity index (χ1n) is 9.03. The smallest absolute Gasteiger partial charge is 0.258 e. The summed E-state index contributed by atoms with van der Waals surface area (Å²) in [6.45, 7) is 7.63. The van der Waals surface area contributed by atoms with E-state index in [-0.39, 0.29) is 18.4 Å². The van der Waals surface area contributed by atoms with Gasteiger partial charge in [0.25, 0.3) is 5.91 Å². The highest BCUT2D eigenvalue weighted by atomic mass is 16.5. The number of benzene rings is 1. The van der Waals surface area contributed by atoms with Gasteiger partial charge in [-0.3, -0.25) is 14.6 Å². The first kappa shape index (κ1) is 18.9. The zero-order valence-electron chi connectivity index (χ0n) is 16.3. The van der Waals surface area contributed by atoms with E-state index in [0.29, 0.717) is 30.9 Å². The number of hydrogen-bond donors (Lipinski definition) is 0. The Bertz CT molecular complexity index is 879. The van der Waals surface area contributed by atoms with Crippen LogP contribution in [0.25, 0.3) is 0 Å². The summed E-state index contributed by atoms with van der Waals surface area (Å²) < 4.78 is 5.25. The van der Waals surface area contributed by atoms with E-state index in [9.17, 15) is 9.59 Å². The largest absolute Gasteiger partial charge is 0.494 e. The number of hydrogen-bond acceptors (Lipinski definition) is 4. The van der Waals surface area contributed by atoms with Gasteiger partial charge in [0.2, 0.25) is 5.91 Å². The molecule has 0 unspecified atom stereocenters. The average Bonchev–Trinajstić information content (AvgIpc) is 2.65. The number of carbonyl (C=O) groups excluding carboxylic acids is 2. The first-order chi connectivity index (χ1) is 12.9. The van der Waals surface area contributed by atoms with Crippen molar-refractivity contribution in [2.75, 3.05) is 26.7 Å². The van der Waals surface area contributed by atoms with E-state index < -0.39 is 0 Å². The Balaban J connectivity index is 1.69. The van der Waals surface area contributed by atoms with Gasteiger partial charge < -0.3 is 14.5 Å². The molecule has 1 saturated heterocycles. The SMILES string of the molecule is COc1cnc(C)cc1C(=O)N1CCN(Cc2ccc(C)c(C)c2)C(=O)C1. The summed E-state index contributed by atoms with van der Waals surface area (Å²) in [5.41, 5.74) is 4.74. The molecule has 3 rings (SSSR count). The number of pyridine rings is 1. The predicted molar refractivity (Wildman–Crippen MR) is 103 cm³/mol. The standard InChI is InChI=1S/C21H25N3O3/c1-14-5-6-17(9-15(14)2)12-23-7-8-24(13-20(23)25)21(26)18-10-16(3)22-11-19(18)27-4/h5-6,9-11H,7-8,12-13H2,1-4H3. The Kier molecular flexibility index (Phi) is 5.44. The zero-order chi connectivity index (χ0) is 19.6. The molecule has 2 amide bonds. The monoisotopic (exact) mass is 367 g/mol. The van der Waals surface area contributed by atoms with Crippen LogP contribution in [0, 0.1) is 20.8 Å². The van der Waals surface area contributed by atoms with Crippen molar-refractivity contribution in [1.29, 1.82) is 0 Å². The highest BCUT2D eigenvalue weighted by Gasteiger charge is 2.29. The van der Waals surface area contributed by atoms with Crippen LogP contribution in [0.3, 0.4) is 0 Å². The fourth-order valence-corrected chi connectivity index (χ4v) is 3.22. The van der Waals surface area contributed by atoms with E-state index >= 15 is 0 Å². The topological polar surface area (TPSA) is 62.7 Å². The summed E-state index contributed by atoms with van der Waals surface area (Å²) in [5.74, 6) is 0.185. The lowest BCUT2D eigenvalue weighted by atomic mass is 10.1. The second-order valence-electron chi connectivity index (χ2n) is 6.99. The molecule has 6 nitrogen and oxygen atoms in total. The third kappa shape index (κ3) is 4.10. The molecule has 1 aromatic heterocycles.